The fraction of sp³-hybridized carbons (Fsp3) is 0.176. The number of fused-ring (bicyclic) bond motifs is 1. The monoisotopic (exact) mass is 327 g/mol. The van der Waals surface area contributed by atoms with Crippen molar-refractivity contribution in [1.29, 1.82) is 0 Å². The van der Waals surface area contributed by atoms with E-state index in [-0.39, 0.29) is 13.2 Å². The minimum atomic E-state index is -0.0204. The van der Waals surface area contributed by atoms with Gasteiger partial charge in [-0.05, 0) is 24.3 Å². The molecule has 6 heteroatoms. The van der Waals surface area contributed by atoms with Gasteiger partial charge in [-0.3, -0.25) is 0 Å². The van der Waals surface area contributed by atoms with Gasteiger partial charge in [-0.15, -0.1) is 5.10 Å². The van der Waals surface area contributed by atoms with Gasteiger partial charge in [-0.25, -0.2) is 0 Å². The zero-order valence-corrected chi connectivity index (χ0v) is 13.5. The predicted molar refractivity (Wildman–Crippen MR) is 93.0 cm³/mol. The summed E-state index contributed by atoms with van der Waals surface area (Å²) in [5, 5.41) is 17.4. The topological polar surface area (TPSA) is 59.1 Å². The molecule has 3 rings (SSSR count). The number of benzene rings is 2. The third-order valence-electron chi connectivity index (χ3n) is 3.32. The van der Waals surface area contributed by atoms with E-state index < -0.39 is 0 Å². The predicted octanol–water partition coefficient (Wildman–Crippen LogP) is 2.55. The number of hydrogen-bond acceptors (Lipinski definition) is 5. The van der Waals surface area contributed by atoms with Crippen LogP contribution in [0.15, 0.2) is 58.7 Å². The Labute approximate surface area is 137 Å². The Kier molecular flexibility index (Phi) is 4.85. The van der Waals surface area contributed by atoms with Crippen molar-refractivity contribution in [3.8, 4) is 5.75 Å². The van der Waals surface area contributed by atoms with E-state index in [1.54, 1.807) is 17.6 Å². The van der Waals surface area contributed by atoms with Crippen LogP contribution in [0.5, 0.6) is 5.75 Å². The highest BCUT2D eigenvalue weighted by Gasteiger charge is 2.01. The summed E-state index contributed by atoms with van der Waals surface area (Å²) >= 11 is 1.60. The van der Waals surface area contributed by atoms with Gasteiger partial charge in [0.25, 0.3) is 0 Å². The van der Waals surface area contributed by atoms with Crippen LogP contribution in [0, 0.1) is 0 Å². The fourth-order valence-electron chi connectivity index (χ4n) is 2.19. The molecular formula is C17H17N3O2S. The van der Waals surface area contributed by atoms with Crippen LogP contribution in [-0.2, 0) is 7.05 Å². The molecule has 23 heavy (non-hydrogen) atoms. The Morgan fingerprint density at radius 2 is 1.96 bits per heavy atom. The maximum absolute atomic E-state index is 8.86. The molecule has 1 aromatic heterocycles. The molecule has 0 spiro atoms. The van der Waals surface area contributed by atoms with Gasteiger partial charge in [0.05, 0.1) is 23.0 Å². The normalized spacial score (nSPS) is 12.3. The van der Waals surface area contributed by atoms with Crippen molar-refractivity contribution >= 4 is 27.8 Å². The smallest absolute Gasteiger partial charge is 0.211 e. The molecule has 0 bridgehead atoms. The first kappa shape index (κ1) is 15.5. The summed E-state index contributed by atoms with van der Waals surface area (Å²) in [6.07, 6.45) is 1.66. The number of aliphatic hydroxyl groups excluding tert-OH is 1. The van der Waals surface area contributed by atoms with Gasteiger partial charge in [0.1, 0.15) is 12.4 Å². The molecule has 3 aromatic rings. The Bertz CT molecular complexity index is 896. The number of aromatic nitrogens is 1. The van der Waals surface area contributed by atoms with Crippen LogP contribution in [0.25, 0.3) is 10.2 Å². The molecule has 118 valence electrons. The maximum Gasteiger partial charge on any atom is 0.211 e. The molecule has 0 aliphatic rings. The van der Waals surface area contributed by atoms with E-state index in [4.69, 9.17) is 9.84 Å². The van der Waals surface area contributed by atoms with Crippen LogP contribution >= 0.6 is 11.3 Å². The van der Waals surface area contributed by atoms with Crippen LogP contribution in [0.3, 0.4) is 0 Å². The van der Waals surface area contributed by atoms with Gasteiger partial charge in [-0.2, -0.15) is 5.10 Å². The number of nitrogens with zero attached hydrogens (tertiary/aromatic N) is 3. The van der Waals surface area contributed by atoms with Crippen LogP contribution in [-0.4, -0.2) is 29.1 Å². The number of aliphatic hydroxyl groups is 1. The molecule has 0 aliphatic heterocycles. The fourth-order valence-corrected chi connectivity index (χ4v) is 3.17. The third-order valence-corrected chi connectivity index (χ3v) is 4.43. The Morgan fingerprint density at radius 1 is 1.17 bits per heavy atom. The van der Waals surface area contributed by atoms with Crippen LogP contribution in [0.2, 0.25) is 0 Å². The summed E-state index contributed by atoms with van der Waals surface area (Å²) in [6.45, 7) is 0.237. The van der Waals surface area contributed by atoms with E-state index in [1.807, 2.05) is 48.0 Å². The minimum Gasteiger partial charge on any atom is -0.491 e. The second kappa shape index (κ2) is 7.21. The number of thiazole rings is 1. The van der Waals surface area contributed by atoms with Gasteiger partial charge >= 0.3 is 0 Å². The number of rotatable bonds is 5. The molecule has 0 saturated heterocycles. The van der Waals surface area contributed by atoms with Gasteiger partial charge < -0.3 is 14.4 Å². The summed E-state index contributed by atoms with van der Waals surface area (Å²) in [7, 11) is 1.98. The van der Waals surface area contributed by atoms with E-state index in [1.165, 1.54) is 4.70 Å². The standard InChI is InChI=1S/C17H17N3O2S/c1-20-14-7-3-5-9-16(14)23-17(20)19-18-12-13-6-2-4-8-15(13)22-11-10-21/h2-9,12,21H,10-11H2,1H3/b18-12?,19-17+. The molecular weight excluding hydrogens is 310 g/mol. The minimum absolute atomic E-state index is 0.0204. The van der Waals surface area contributed by atoms with E-state index >= 15 is 0 Å². The van der Waals surface area contributed by atoms with Gasteiger partial charge in [0, 0.05) is 12.6 Å². The van der Waals surface area contributed by atoms with Crippen molar-refractivity contribution in [2.75, 3.05) is 13.2 Å². The average Bonchev–Trinajstić information content (AvgIpc) is 2.90. The Balaban J connectivity index is 1.89. The highest BCUT2D eigenvalue weighted by molar-refractivity contribution is 7.16. The van der Waals surface area contributed by atoms with Crippen molar-refractivity contribution in [2.24, 2.45) is 17.3 Å². The summed E-state index contributed by atoms with van der Waals surface area (Å²) in [4.78, 5) is 0.830. The number of ether oxygens (including phenoxy) is 1. The summed E-state index contributed by atoms with van der Waals surface area (Å²) in [5.74, 6) is 0.682. The largest absolute Gasteiger partial charge is 0.491 e. The van der Waals surface area contributed by atoms with Crippen molar-refractivity contribution in [3.63, 3.8) is 0 Å². The van der Waals surface area contributed by atoms with E-state index in [2.05, 4.69) is 22.3 Å². The molecule has 1 N–H and O–H groups in total. The Hall–Kier alpha value is -2.44. The molecule has 0 aliphatic carbocycles. The van der Waals surface area contributed by atoms with Crippen molar-refractivity contribution in [3.05, 3.63) is 58.9 Å². The summed E-state index contributed by atoms with van der Waals surface area (Å²) in [6, 6.07) is 15.7. The van der Waals surface area contributed by atoms with Crippen LogP contribution in [0.1, 0.15) is 5.56 Å². The molecule has 0 saturated carbocycles. The lowest BCUT2D eigenvalue weighted by Gasteiger charge is -2.06. The third kappa shape index (κ3) is 3.49. The van der Waals surface area contributed by atoms with Gasteiger partial charge in [0.15, 0.2) is 0 Å². The second-order valence-electron chi connectivity index (χ2n) is 4.87. The second-order valence-corrected chi connectivity index (χ2v) is 5.87. The average molecular weight is 327 g/mol. The first-order valence-corrected chi connectivity index (χ1v) is 8.05. The molecule has 0 fully saturated rings. The van der Waals surface area contributed by atoms with Gasteiger partial charge in [-0.1, -0.05) is 35.6 Å². The van der Waals surface area contributed by atoms with Crippen molar-refractivity contribution in [1.82, 2.24) is 4.57 Å². The zero-order valence-electron chi connectivity index (χ0n) is 12.7. The number of aryl methyl sites for hydroxylation is 1. The van der Waals surface area contributed by atoms with Crippen LogP contribution < -0.4 is 9.54 Å². The first-order chi connectivity index (χ1) is 11.3. The van der Waals surface area contributed by atoms with E-state index in [0.717, 1.165) is 15.9 Å². The molecule has 0 unspecified atom stereocenters. The van der Waals surface area contributed by atoms with Crippen molar-refractivity contribution in [2.45, 2.75) is 0 Å². The SMILES string of the molecule is Cn1/c(=N\N=Cc2ccccc2OCCO)sc2ccccc21. The molecule has 1 heterocycles. The zero-order chi connectivity index (χ0) is 16.1. The highest BCUT2D eigenvalue weighted by Crippen LogP contribution is 2.16. The summed E-state index contributed by atoms with van der Waals surface area (Å²) < 4.78 is 8.67. The van der Waals surface area contributed by atoms with Crippen LogP contribution in [0.4, 0.5) is 0 Å². The van der Waals surface area contributed by atoms with Crippen molar-refractivity contribution < 1.29 is 9.84 Å². The molecule has 5 nitrogen and oxygen atoms in total. The van der Waals surface area contributed by atoms with E-state index in [9.17, 15) is 0 Å². The number of para-hydroxylation sites is 2. The Morgan fingerprint density at radius 3 is 2.78 bits per heavy atom. The highest BCUT2D eigenvalue weighted by atomic mass is 32.1. The molecule has 0 atom stereocenters. The lowest BCUT2D eigenvalue weighted by atomic mass is 10.2. The lowest BCUT2D eigenvalue weighted by Crippen LogP contribution is -2.09. The first-order valence-electron chi connectivity index (χ1n) is 7.24. The quantitative estimate of drug-likeness (QED) is 0.578. The van der Waals surface area contributed by atoms with Gasteiger partial charge in [0.2, 0.25) is 4.80 Å². The molecule has 0 amide bonds. The number of hydrogen-bond donors (Lipinski definition) is 1. The maximum atomic E-state index is 8.86. The molecule has 0 radical (unpaired) electrons. The lowest BCUT2D eigenvalue weighted by molar-refractivity contribution is 0.201. The summed E-state index contributed by atoms with van der Waals surface area (Å²) in [5.41, 5.74) is 1.96. The molecule has 2 aromatic carbocycles. The van der Waals surface area contributed by atoms with E-state index in [0.29, 0.717) is 5.75 Å².